The third kappa shape index (κ3) is 4.25. The molecule has 0 radical (unpaired) electrons. The van der Waals surface area contributed by atoms with Crippen LogP contribution < -0.4 is 10.2 Å². The Hall–Kier alpha value is -0.980. The number of hydrogen-bond acceptors (Lipinski definition) is 6. The lowest BCUT2D eigenvalue weighted by Crippen LogP contribution is -2.16. The molecule has 116 valence electrons. The summed E-state index contributed by atoms with van der Waals surface area (Å²) in [7, 11) is 2.09. The summed E-state index contributed by atoms with van der Waals surface area (Å²) in [4.78, 5) is 12.9. The van der Waals surface area contributed by atoms with Crippen molar-refractivity contribution in [2.24, 2.45) is 0 Å². The standard InChI is InChI=1S/C15H24N4S2/c1-6-16-7-13-14(10(2)3)18-15(21-13)19(5)8-12-9-20-11(4)17-12/h9-10,16H,6-8H2,1-5H3. The van der Waals surface area contributed by atoms with Gasteiger partial charge in [0.2, 0.25) is 0 Å². The summed E-state index contributed by atoms with van der Waals surface area (Å²) in [5, 5.41) is 7.73. The Morgan fingerprint density at radius 3 is 2.67 bits per heavy atom. The summed E-state index contributed by atoms with van der Waals surface area (Å²) >= 11 is 3.49. The molecule has 0 aliphatic heterocycles. The van der Waals surface area contributed by atoms with Crippen LogP contribution in [-0.2, 0) is 13.1 Å². The lowest BCUT2D eigenvalue weighted by atomic mass is 10.1. The highest BCUT2D eigenvalue weighted by atomic mass is 32.1. The molecule has 2 heterocycles. The molecule has 0 saturated heterocycles. The highest BCUT2D eigenvalue weighted by Crippen LogP contribution is 2.31. The van der Waals surface area contributed by atoms with Crippen LogP contribution in [0.25, 0.3) is 0 Å². The van der Waals surface area contributed by atoms with E-state index < -0.39 is 0 Å². The second-order valence-electron chi connectivity index (χ2n) is 5.45. The summed E-state index contributed by atoms with van der Waals surface area (Å²) in [5.74, 6) is 0.457. The van der Waals surface area contributed by atoms with Crippen LogP contribution >= 0.6 is 22.7 Å². The van der Waals surface area contributed by atoms with E-state index >= 15 is 0 Å². The number of anilines is 1. The zero-order chi connectivity index (χ0) is 15.4. The molecule has 6 heteroatoms. The van der Waals surface area contributed by atoms with Crippen LogP contribution in [-0.4, -0.2) is 23.6 Å². The molecule has 0 saturated carbocycles. The third-order valence-electron chi connectivity index (χ3n) is 3.19. The maximum Gasteiger partial charge on any atom is 0.185 e. The van der Waals surface area contributed by atoms with Gasteiger partial charge in [-0.3, -0.25) is 0 Å². The molecule has 0 atom stereocenters. The monoisotopic (exact) mass is 324 g/mol. The van der Waals surface area contributed by atoms with Gasteiger partial charge in [0.05, 0.1) is 22.9 Å². The first kappa shape index (κ1) is 16.4. The molecule has 4 nitrogen and oxygen atoms in total. The molecule has 2 aromatic heterocycles. The van der Waals surface area contributed by atoms with Gasteiger partial charge in [0.15, 0.2) is 5.13 Å². The molecular formula is C15H24N4S2. The Balaban J connectivity index is 2.14. The van der Waals surface area contributed by atoms with Gasteiger partial charge in [0.25, 0.3) is 0 Å². The number of rotatable bonds is 7. The number of thiazole rings is 2. The maximum atomic E-state index is 4.85. The van der Waals surface area contributed by atoms with Gasteiger partial charge in [0, 0.05) is 23.8 Å². The predicted octanol–water partition coefficient (Wildman–Crippen LogP) is 3.78. The van der Waals surface area contributed by atoms with Crippen molar-refractivity contribution in [3.63, 3.8) is 0 Å². The van der Waals surface area contributed by atoms with Crippen molar-refractivity contribution in [3.05, 3.63) is 26.7 Å². The first-order valence-corrected chi connectivity index (χ1v) is 9.03. The Kier molecular flexibility index (Phi) is 5.72. The summed E-state index contributed by atoms with van der Waals surface area (Å²) in [6, 6.07) is 0. The summed E-state index contributed by atoms with van der Waals surface area (Å²) in [6.45, 7) is 11.3. The first-order valence-electron chi connectivity index (χ1n) is 7.33. The Morgan fingerprint density at radius 1 is 1.33 bits per heavy atom. The number of aryl methyl sites for hydroxylation is 1. The molecule has 0 spiro atoms. The van der Waals surface area contributed by atoms with Crippen molar-refractivity contribution in [1.29, 1.82) is 0 Å². The van der Waals surface area contributed by atoms with Crippen LogP contribution in [0.3, 0.4) is 0 Å². The van der Waals surface area contributed by atoms with E-state index in [9.17, 15) is 0 Å². The average Bonchev–Trinajstić information content (AvgIpc) is 3.03. The lowest BCUT2D eigenvalue weighted by molar-refractivity contribution is 0.713. The molecule has 0 bridgehead atoms. The first-order chi connectivity index (χ1) is 10.0. The van der Waals surface area contributed by atoms with Crippen LogP contribution in [0.1, 0.15) is 48.0 Å². The van der Waals surface area contributed by atoms with Crippen molar-refractivity contribution >= 4 is 27.8 Å². The van der Waals surface area contributed by atoms with Gasteiger partial charge in [-0.2, -0.15) is 0 Å². The van der Waals surface area contributed by atoms with Gasteiger partial charge >= 0.3 is 0 Å². The maximum absolute atomic E-state index is 4.85. The number of nitrogens with zero attached hydrogens (tertiary/aromatic N) is 3. The van der Waals surface area contributed by atoms with E-state index in [1.807, 2.05) is 6.92 Å². The molecule has 1 N–H and O–H groups in total. The molecule has 0 fully saturated rings. The molecule has 0 unspecified atom stereocenters. The minimum Gasteiger partial charge on any atom is -0.345 e. The van der Waals surface area contributed by atoms with Crippen LogP contribution in [0, 0.1) is 6.92 Å². The fourth-order valence-corrected chi connectivity index (χ4v) is 3.87. The van der Waals surface area contributed by atoms with Crippen molar-refractivity contribution < 1.29 is 0 Å². The van der Waals surface area contributed by atoms with Gasteiger partial charge in [-0.15, -0.1) is 22.7 Å². The van der Waals surface area contributed by atoms with Crippen molar-refractivity contribution in [2.45, 2.75) is 46.7 Å². The summed E-state index contributed by atoms with van der Waals surface area (Å²) in [5.41, 5.74) is 2.34. The van der Waals surface area contributed by atoms with Crippen molar-refractivity contribution in [2.75, 3.05) is 18.5 Å². The summed E-state index contributed by atoms with van der Waals surface area (Å²) in [6.07, 6.45) is 0. The van der Waals surface area contributed by atoms with E-state index in [1.54, 1.807) is 22.7 Å². The van der Waals surface area contributed by atoms with E-state index in [1.165, 1.54) is 10.6 Å². The number of hydrogen-bond donors (Lipinski definition) is 1. The zero-order valence-electron chi connectivity index (χ0n) is 13.4. The summed E-state index contributed by atoms with van der Waals surface area (Å²) < 4.78 is 0. The van der Waals surface area contributed by atoms with Gasteiger partial charge in [-0.05, 0) is 19.4 Å². The molecule has 0 aliphatic rings. The quantitative estimate of drug-likeness (QED) is 0.841. The van der Waals surface area contributed by atoms with Crippen LogP contribution in [0.15, 0.2) is 5.38 Å². The second-order valence-corrected chi connectivity index (χ2v) is 7.58. The van der Waals surface area contributed by atoms with E-state index in [0.29, 0.717) is 5.92 Å². The molecule has 21 heavy (non-hydrogen) atoms. The molecule has 0 aromatic carbocycles. The average molecular weight is 325 g/mol. The zero-order valence-corrected chi connectivity index (χ0v) is 15.1. The minimum atomic E-state index is 0.457. The van der Waals surface area contributed by atoms with E-state index in [-0.39, 0.29) is 0 Å². The van der Waals surface area contributed by atoms with Gasteiger partial charge in [-0.25, -0.2) is 9.97 Å². The SMILES string of the molecule is CCNCc1sc(N(C)Cc2csc(C)n2)nc1C(C)C. The topological polar surface area (TPSA) is 41.0 Å². The van der Waals surface area contributed by atoms with Crippen LogP contribution in [0.2, 0.25) is 0 Å². The van der Waals surface area contributed by atoms with Crippen LogP contribution in [0.4, 0.5) is 5.13 Å². The highest BCUT2D eigenvalue weighted by Gasteiger charge is 2.16. The van der Waals surface area contributed by atoms with Crippen LogP contribution in [0.5, 0.6) is 0 Å². The van der Waals surface area contributed by atoms with Gasteiger partial charge in [-0.1, -0.05) is 20.8 Å². The van der Waals surface area contributed by atoms with E-state index in [2.05, 4.69) is 48.4 Å². The fourth-order valence-electron chi connectivity index (χ4n) is 2.12. The molecule has 2 aromatic rings. The third-order valence-corrected chi connectivity index (χ3v) is 5.20. The Morgan fingerprint density at radius 2 is 2.10 bits per heavy atom. The molecule has 0 aliphatic carbocycles. The predicted molar refractivity (Wildman–Crippen MR) is 92.5 cm³/mol. The molecule has 2 rings (SSSR count). The second kappa shape index (κ2) is 7.33. The van der Waals surface area contributed by atoms with Crippen molar-refractivity contribution in [1.82, 2.24) is 15.3 Å². The largest absolute Gasteiger partial charge is 0.345 e. The lowest BCUT2D eigenvalue weighted by Gasteiger charge is -2.13. The highest BCUT2D eigenvalue weighted by molar-refractivity contribution is 7.15. The van der Waals surface area contributed by atoms with E-state index in [4.69, 9.17) is 4.98 Å². The minimum absolute atomic E-state index is 0.457. The van der Waals surface area contributed by atoms with Crippen molar-refractivity contribution in [3.8, 4) is 0 Å². The number of aromatic nitrogens is 2. The smallest absolute Gasteiger partial charge is 0.185 e. The fraction of sp³-hybridized carbons (Fsp3) is 0.600. The Labute approximate surface area is 135 Å². The number of nitrogens with one attached hydrogen (secondary N) is 1. The van der Waals surface area contributed by atoms with Gasteiger partial charge < -0.3 is 10.2 Å². The Bertz CT molecular complexity index is 574. The van der Waals surface area contributed by atoms with E-state index in [0.717, 1.165) is 35.5 Å². The molecule has 0 amide bonds. The van der Waals surface area contributed by atoms with Gasteiger partial charge in [0.1, 0.15) is 0 Å². The molecular weight excluding hydrogens is 300 g/mol. The normalized spacial score (nSPS) is 11.3.